The van der Waals surface area contributed by atoms with E-state index >= 15 is 0 Å². The Morgan fingerprint density at radius 2 is 1.80 bits per heavy atom. The highest BCUT2D eigenvalue weighted by molar-refractivity contribution is 6.37. The molecule has 1 fully saturated rings. The van der Waals surface area contributed by atoms with Crippen LogP contribution in [0.1, 0.15) is 0 Å². The highest BCUT2D eigenvalue weighted by Gasteiger charge is 2.22. The van der Waals surface area contributed by atoms with E-state index in [1.807, 2.05) is 41.2 Å². The molecule has 0 N–H and O–H groups in total. The molecule has 9 heteroatoms. The van der Waals surface area contributed by atoms with Crippen LogP contribution in [0.15, 0.2) is 49.1 Å². The minimum Gasteiger partial charge on any atom is -0.304 e. The maximum atomic E-state index is 6.85. The molecule has 5 rings (SSSR count). The number of likely N-dealkylation sites (N-methyl/N-ethyl adjacent to an activating group) is 1. The quantitative estimate of drug-likeness (QED) is 0.492. The minimum atomic E-state index is 0.530. The lowest BCUT2D eigenvalue weighted by molar-refractivity contribution is 0.149. The fourth-order valence-corrected chi connectivity index (χ4v) is 4.13. The van der Waals surface area contributed by atoms with E-state index < -0.39 is 0 Å². The van der Waals surface area contributed by atoms with Crippen molar-refractivity contribution >= 4 is 22.6 Å². The van der Waals surface area contributed by atoms with Gasteiger partial charge in [0, 0.05) is 50.7 Å². The summed E-state index contributed by atoms with van der Waals surface area (Å²) in [4.78, 5) is 8.92. The molecule has 0 spiro atoms. The molecule has 0 saturated carbocycles. The summed E-state index contributed by atoms with van der Waals surface area (Å²) in [5.74, 6) is 0.553. The number of halogens is 1. The van der Waals surface area contributed by atoms with Crippen molar-refractivity contribution < 1.29 is 0 Å². The molecule has 30 heavy (non-hydrogen) atoms. The van der Waals surface area contributed by atoms with E-state index in [0.717, 1.165) is 55.9 Å². The summed E-state index contributed by atoms with van der Waals surface area (Å²) in [5, 5.41) is 15.2. The van der Waals surface area contributed by atoms with Crippen LogP contribution in [0.3, 0.4) is 0 Å². The van der Waals surface area contributed by atoms with Gasteiger partial charge in [0.25, 0.3) is 0 Å². The van der Waals surface area contributed by atoms with E-state index in [-0.39, 0.29) is 0 Å². The van der Waals surface area contributed by atoms with Crippen molar-refractivity contribution in [3.8, 4) is 17.1 Å². The van der Waals surface area contributed by atoms with Crippen molar-refractivity contribution in [2.45, 2.75) is 6.54 Å². The molecule has 1 saturated heterocycles. The average molecular weight is 423 g/mol. The number of benzene rings is 1. The van der Waals surface area contributed by atoms with Gasteiger partial charge in [-0.25, -0.2) is 9.67 Å². The van der Waals surface area contributed by atoms with Crippen molar-refractivity contribution in [1.82, 2.24) is 39.3 Å². The SMILES string of the molecule is CN1CCN(CCn2nc(-c3ccccc3)c3c(Cl)c(-n4ccnc4)nnc32)CC1. The zero-order valence-corrected chi connectivity index (χ0v) is 17.6. The van der Waals surface area contributed by atoms with Crippen LogP contribution in [0.2, 0.25) is 5.02 Å². The largest absolute Gasteiger partial charge is 0.304 e. The summed E-state index contributed by atoms with van der Waals surface area (Å²) in [6.07, 6.45) is 5.17. The Kier molecular flexibility index (Phi) is 5.20. The third-order valence-corrected chi connectivity index (χ3v) is 5.96. The standard InChI is InChI=1S/C21H23ClN8/c1-27-9-11-28(12-10-27)13-14-30-20-17(19(26-30)16-5-3-2-4-6-16)18(22)21(25-24-20)29-8-7-23-15-29/h2-8,15H,9-14H2,1H3. The van der Waals surface area contributed by atoms with Crippen LogP contribution in [0, 0.1) is 0 Å². The number of hydrogen-bond donors (Lipinski definition) is 0. The van der Waals surface area contributed by atoms with E-state index in [4.69, 9.17) is 16.7 Å². The fourth-order valence-electron chi connectivity index (χ4n) is 3.82. The van der Waals surface area contributed by atoms with E-state index in [2.05, 4.69) is 32.0 Å². The van der Waals surface area contributed by atoms with E-state index in [0.29, 0.717) is 16.5 Å². The minimum absolute atomic E-state index is 0.530. The van der Waals surface area contributed by atoms with Gasteiger partial charge in [0.1, 0.15) is 12.0 Å². The first-order valence-electron chi connectivity index (χ1n) is 10.1. The Hall–Kier alpha value is -2.81. The molecule has 1 aliphatic rings. The Labute approximate surface area is 179 Å². The van der Waals surface area contributed by atoms with Gasteiger partial charge < -0.3 is 4.90 Å². The molecule has 0 aliphatic carbocycles. The topological polar surface area (TPSA) is 67.9 Å². The first-order valence-corrected chi connectivity index (χ1v) is 10.5. The monoisotopic (exact) mass is 422 g/mol. The lowest BCUT2D eigenvalue weighted by Gasteiger charge is -2.32. The van der Waals surface area contributed by atoms with Gasteiger partial charge in [0.05, 0.1) is 17.0 Å². The average Bonchev–Trinajstić information content (AvgIpc) is 3.43. The second kappa shape index (κ2) is 8.14. The second-order valence-corrected chi connectivity index (χ2v) is 7.97. The lowest BCUT2D eigenvalue weighted by atomic mass is 10.1. The molecule has 0 atom stereocenters. The van der Waals surface area contributed by atoms with Crippen LogP contribution in [0.5, 0.6) is 0 Å². The molecule has 8 nitrogen and oxygen atoms in total. The molecule has 1 aliphatic heterocycles. The Morgan fingerprint density at radius 3 is 2.53 bits per heavy atom. The molecular formula is C21H23ClN8. The zero-order valence-electron chi connectivity index (χ0n) is 16.8. The highest BCUT2D eigenvalue weighted by atomic mass is 35.5. The van der Waals surface area contributed by atoms with Gasteiger partial charge in [0.15, 0.2) is 11.5 Å². The summed E-state index contributed by atoms with van der Waals surface area (Å²) >= 11 is 6.85. The lowest BCUT2D eigenvalue weighted by Crippen LogP contribution is -2.45. The number of fused-ring (bicyclic) bond motifs is 1. The summed E-state index contributed by atoms with van der Waals surface area (Å²) in [6, 6.07) is 10.1. The number of nitrogens with zero attached hydrogens (tertiary/aromatic N) is 8. The number of piperazine rings is 1. The van der Waals surface area contributed by atoms with Crippen LogP contribution < -0.4 is 0 Å². The van der Waals surface area contributed by atoms with Gasteiger partial charge >= 0.3 is 0 Å². The van der Waals surface area contributed by atoms with E-state index in [9.17, 15) is 0 Å². The first-order chi connectivity index (χ1) is 14.7. The van der Waals surface area contributed by atoms with Gasteiger partial charge in [0.2, 0.25) is 0 Å². The molecule has 1 aromatic carbocycles. The molecule has 154 valence electrons. The highest BCUT2D eigenvalue weighted by Crippen LogP contribution is 2.34. The molecule has 4 aromatic rings. The molecular weight excluding hydrogens is 400 g/mol. The number of aromatic nitrogens is 6. The molecule has 3 aromatic heterocycles. The Bertz CT molecular complexity index is 1130. The maximum absolute atomic E-state index is 6.85. The van der Waals surface area contributed by atoms with Crippen LogP contribution in [0.25, 0.3) is 28.1 Å². The van der Waals surface area contributed by atoms with E-state index in [1.165, 1.54) is 0 Å². The third-order valence-electron chi connectivity index (χ3n) is 5.60. The molecule has 0 amide bonds. The van der Waals surface area contributed by atoms with Gasteiger partial charge in [-0.3, -0.25) is 9.47 Å². The third kappa shape index (κ3) is 3.58. The van der Waals surface area contributed by atoms with Crippen molar-refractivity contribution in [2.75, 3.05) is 39.8 Å². The molecule has 0 bridgehead atoms. The van der Waals surface area contributed by atoms with Gasteiger partial charge in [-0.05, 0) is 7.05 Å². The number of hydrogen-bond acceptors (Lipinski definition) is 6. The number of imidazole rings is 1. The predicted molar refractivity (Wildman–Crippen MR) is 117 cm³/mol. The molecule has 4 heterocycles. The van der Waals surface area contributed by atoms with Crippen LogP contribution >= 0.6 is 11.6 Å². The Balaban J connectivity index is 1.55. The number of rotatable bonds is 5. The molecule has 0 unspecified atom stereocenters. The fraction of sp³-hybridized carbons (Fsp3) is 0.333. The predicted octanol–water partition coefficient (Wildman–Crippen LogP) is 2.58. The van der Waals surface area contributed by atoms with Crippen molar-refractivity contribution in [2.24, 2.45) is 0 Å². The van der Waals surface area contributed by atoms with Crippen LogP contribution in [0.4, 0.5) is 0 Å². The summed E-state index contributed by atoms with van der Waals surface area (Å²) in [6.45, 7) is 5.98. The van der Waals surface area contributed by atoms with Crippen molar-refractivity contribution in [3.05, 3.63) is 54.1 Å². The van der Waals surface area contributed by atoms with Crippen molar-refractivity contribution in [1.29, 1.82) is 0 Å². The summed E-state index contributed by atoms with van der Waals surface area (Å²) in [5.41, 5.74) is 2.54. The van der Waals surface area contributed by atoms with Crippen LogP contribution in [-0.4, -0.2) is 79.1 Å². The van der Waals surface area contributed by atoms with Gasteiger partial charge in [-0.1, -0.05) is 41.9 Å². The summed E-state index contributed by atoms with van der Waals surface area (Å²) < 4.78 is 3.71. The maximum Gasteiger partial charge on any atom is 0.182 e. The van der Waals surface area contributed by atoms with Gasteiger partial charge in [-0.2, -0.15) is 5.10 Å². The smallest absolute Gasteiger partial charge is 0.182 e. The Morgan fingerprint density at radius 1 is 1.00 bits per heavy atom. The molecule has 0 radical (unpaired) electrons. The van der Waals surface area contributed by atoms with Crippen molar-refractivity contribution in [3.63, 3.8) is 0 Å². The van der Waals surface area contributed by atoms with Gasteiger partial charge in [-0.15, -0.1) is 10.2 Å². The zero-order chi connectivity index (χ0) is 20.5. The normalized spacial score (nSPS) is 15.8. The second-order valence-electron chi connectivity index (χ2n) is 7.59. The van der Waals surface area contributed by atoms with E-state index in [1.54, 1.807) is 17.1 Å². The summed E-state index contributed by atoms with van der Waals surface area (Å²) in [7, 11) is 2.17. The first kappa shape index (κ1) is 19.2. The van der Waals surface area contributed by atoms with Crippen LogP contribution in [-0.2, 0) is 6.54 Å².